The van der Waals surface area contributed by atoms with E-state index in [0.29, 0.717) is 53.3 Å². The molecular formula is C20H26ClN5O4. The third kappa shape index (κ3) is 6.06. The highest BCUT2D eigenvalue weighted by Gasteiger charge is 2.20. The number of nitrogens with zero attached hydrogens (tertiary/aromatic N) is 3. The summed E-state index contributed by atoms with van der Waals surface area (Å²) in [5, 5.41) is 12.0. The van der Waals surface area contributed by atoms with Crippen LogP contribution in [-0.2, 0) is 14.4 Å². The molecule has 30 heavy (non-hydrogen) atoms. The number of aromatic nitrogens is 2. The van der Waals surface area contributed by atoms with Gasteiger partial charge in [-0.05, 0) is 37.6 Å². The molecule has 0 amide bonds. The number of nitrogens with one attached hydrogen (secondary N) is 1. The number of hydrogen-bond donors (Lipinski definition) is 2. The Morgan fingerprint density at radius 1 is 1.40 bits per heavy atom. The molecule has 9 nitrogen and oxygen atoms in total. The fraction of sp³-hybridized carbons (Fsp3) is 0.350. The van der Waals surface area contributed by atoms with Crippen molar-refractivity contribution in [2.24, 2.45) is 5.90 Å². The van der Waals surface area contributed by atoms with Crippen molar-refractivity contribution in [1.29, 1.82) is 0 Å². The Balaban J connectivity index is 2.42. The molecule has 2 aromatic rings. The molecule has 0 aliphatic carbocycles. The number of anilines is 3. The van der Waals surface area contributed by atoms with E-state index in [0.717, 1.165) is 5.57 Å². The smallest absolute Gasteiger partial charge is 0.343 e. The van der Waals surface area contributed by atoms with Gasteiger partial charge in [-0.3, -0.25) is 0 Å². The van der Waals surface area contributed by atoms with Gasteiger partial charge in [0.1, 0.15) is 12.3 Å². The lowest BCUT2D eigenvalue weighted by Crippen LogP contribution is -2.35. The second-order valence-electron chi connectivity index (χ2n) is 6.34. The van der Waals surface area contributed by atoms with Gasteiger partial charge in [-0.1, -0.05) is 18.2 Å². The first kappa shape index (κ1) is 23.4. The second kappa shape index (κ2) is 11.3. The van der Waals surface area contributed by atoms with Crippen molar-refractivity contribution >= 4 is 40.3 Å². The summed E-state index contributed by atoms with van der Waals surface area (Å²) < 4.78 is 10.6. The lowest BCUT2D eigenvalue weighted by molar-refractivity contribution is -0.142. The number of hydrogen-bond acceptors (Lipinski definition) is 9. The van der Waals surface area contributed by atoms with E-state index in [1.54, 1.807) is 30.3 Å². The van der Waals surface area contributed by atoms with Crippen molar-refractivity contribution in [3.63, 3.8) is 0 Å². The summed E-state index contributed by atoms with van der Waals surface area (Å²) in [6.07, 6.45) is 1.56. The van der Waals surface area contributed by atoms with Crippen molar-refractivity contribution in [2.75, 3.05) is 43.6 Å². The fourth-order valence-electron chi connectivity index (χ4n) is 2.79. The molecule has 162 valence electrons. The van der Waals surface area contributed by atoms with Gasteiger partial charge in [-0.25, -0.2) is 4.79 Å². The molecule has 0 bridgehead atoms. The minimum atomic E-state index is -0.594. The van der Waals surface area contributed by atoms with Crippen LogP contribution < -0.4 is 20.9 Å². The lowest BCUT2D eigenvalue weighted by Gasteiger charge is -2.26. The Morgan fingerprint density at radius 3 is 2.77 bits per heavy atom. The zero-order valence-electron chi connectivity index (χ0n) is 17.3. The SMILES string of the molecule is C=C(C)c1c(N(CCOC)CC(=O)ON)cnnc1Nc1ccc(OCC)c(Cl)c1. The third-order valence-corrected chi connectivity index (χ3v) is 4.40. The van der Waals surface area contributed by atoms with E-state index in [-0.39, 0.29) is 6.54 Å². The van der Waals surface area contributed by atoms with Gasteiger partial charge in [0.2, 0.25) is 0 Å². The highest BCUT2D eigenvalue weighted by atomic mass is 35.5. The number of rotatable bonds is 11. The molecule has 2 rings (SSSR count). The first-order valence-electron chi connectivity index (χ1n) is 9.25. The fourth-order valence-corrected chi connectivity index (χ4v) is 3.03. The number of carbonyl (C=O) groups is 1. The highest BCUT2D eigenvalue weighted by Crippen LogP contribution is 2.34. The van der Waals surface area contributed by atoms with Crippen molar-refractivity contribution in [1.82, 2.24) is 10.2 Å². The van der Waals surface area contributed by atoms with Gasteiger partial charge in [0.15, 0.2) is 5.82 Å². The number of benzene rings is 1. The standard InChI is InChI=1S/C20H26ClN5O4/c1-5-29-17-7-6-14(10-15(17)21)24-20-19(13(2)3)16(11-23-25-20)26(8-9-28-4)12-18(27)30-22/h6-7,10-11H,2,5,8-9,12,22H2,1,3-4H3,(H,24,25). The topological polar surface area (TPSA) is 112 Å². The van der Waals surface area contributed by atoms with Gasteiger partial charge in [0.25, 0.3) is 0 Å². The predicted octanol–water partition coefficient (Wildman–Crippen LogP) is 3.18. The maximum absolute atomic E-state index is 11.8. The average Bonchev–Trinajstić information content (AvgIpc) is 2.72. The molecule has 1 aromatic carbocycles. The molecule has 10 heteroatoms. The molecule has 1 heterocycles. The number of ether oxygens (including phenoxy) is 2. The van der Waals surface area contributed by atoms with Crippen molar-refractivity contribution < 1.29 is 19.1 Å². The molecule has 0 saturated carbocycles. The summed E-state index contributed by atoms with van der Waals surface area (Å²) >= 11 is 6.28. The van der Waals surface area contributed by atoms with Crippen LogP contribution in [0, 0.1) is 0 Å². The molecule has 0 unspecified atom stereocenters. The van der Waals surface area contributed by atoms with Crippen LogP contribution in [-0.4, -0.2) is 49.6 Å². The zero-order valence-corrected chi connectivity index (χ0v) is 18.0. The molecule has 0 aliphatic heterocycles. The van der Waals surface area contributed by atoms with Crippen LogP contribution in [0.1, 0.15) is 19.4 Å². The monoisotopic (exact) mass is 435 g/mol. The van der Waals surface area contributed by atoms with E-state index in [1.165, 1.54) is 0 Å². The Bertz CT molecular complexity index is 893. The van der Waals surface area contributed by atoms with Gasteiger partial charge in [0, 0.05) is 24.9 Å². The normalized spacial score (nSPS) is 10.4. The van der Waals surface area contributed by atoms with Crippen LogP contribution in [0.4, 0.5) is 17.2 Å². The van der Waals surface area contributed by atoms with Gasteiger partial charge in [-0.15, -0.1) is 5.10 Å². The van der Waals surface area contributed by atoms with E-state index < -0.39 is 5.97 Å². The molecule has 0 radical (unpaired) electrons. The molecule has 0 fully saturated rings. The molecule has 3 N–H and O–H groups in total. The van der Waals surface area contributed by atoms with Gasteiger partial charge in [-0.2, -0.15) is 11.0 Å². The molecule has 0 atom stereocenters. The number of halogens is 1. The van der Waals surface area contributed by atoms with Gasteiger partial charge < -0.3 is 24.5 Å². The van der Waals surface area contributed by atoms with E-state index in [1.807, 2.05) is 19.9 Å². The predicted molar refractivity (Wildman–Crippen MR) is 117 cm³/mol. The third-order valence-electron chi connectivity index (χ3n) is 4.11. The van der Waals surface area contributed by atoms with Crippen LogP contribution >= 0.6 is 11.6 Å². The van der Waals surface area contributed by atoms with Gasteiger partial charge >= 0.3 is 5.97 Å². The summed E-state index contributed by atoms with van der Waals surface area (Å²) in [6.45, 7) is 9.00. The first-order valence-corrected chi connectivity index (χ1v) is 9.63. The quantitative estimate of drug-likeness (QED) is 0.514. The number of nitrogens with two attached hydrogens (primary N) is 1. The van der Waals surface area contributed by atoms with E-state index in [2.05, 4.69) is 26.9 Å². The maximum atomic E-state index is 11.8. The summed E-state index contributed by atoms with van der Waals surface area (Å²) in [5.41, 5.74) is 2.75. The van der Waals surface area contributed by atoms with E-state index >= 15 is 0 Å². The Labute approximate surface area is 180 Å². The Kier molecular flexibility index (Phi) is 8.85. The maximum Gasteiger partial charge on any atom is 0.343 e. The minimum Gasteiger partial charge on any atom is -0.492 e. The largest absolute Gasteiger partial charge is 0.492 e. The number of carbonyl (C=O) groups excluding carboxylic acids is 1. The van der Waals surface area contributed by atoms with E-state index in [9.17, 15) is 4.79 Å². The lowest BCUT2D eigenvalue weighted by atomic mass is 10.1. The molecule has 0 saturated heterocycles. The summed E-state index contributed by atoms with van der Waals surface area (Å²) in [6, 6.07) is 5.33. The Hall–Kier alpha value is -2.88. The molecule has 0 spiro atoms. The van der Waals surface area contributed by atoms with Crippen molar-refractivity contribution in [3.05, 3.63) is 41.6 Å². The van der Waals surface area contributed by atoms with Gasteiger partial charge in [0.05, 0.1) is 30.1 Å². The first-order chi connectivity index (χ1) is 14.4. The molecule has 0 aliphatic rings. The zero-order chi connectivity index (χ0) is 22.1. The average molecular weight is 436 g/mol. The summed E-state index contributed by atoms with van der Waals surface area (Å²) in [4.78, 5) is 17.9. The molecular weight excluding hydrogens is 410 g/mol. The van der Waals surface area contributed by atoms with Crippen molar-refractivity contribution in [2.45, 2.75) is 13.8 Å². The minimum absolute atomic E-state index is 0.0832. The number of allylic oxidation sites excluding steroid dienone is 1. The van der Waals surface area contributed by atoms with Crippen LogP contribution in [0.15, 0.2) is 31.0 Å². The van der Waals surface area contributed by atoms with Crippen LogP contribution in [0.2, 0.25) is 5.02 Å². The highest BCUT2D eigenvalue weighted by molar-refractivity contribution is 6.32. The van der Waals surface area contributed by atoms with Crippen LogP contribution in [0.5, 0.6) is 5.75 Å². The second-order valence-corrected chi connectivity index (χ2v) is 6.75. The van der Waals surface area contributed by atoms with Crippen LogP contribution in [0.25, 0.3) is 5.57 Å². The summed E-state index contributed by atoms with van der Waals surface area (Å²) in [5.74, 6) is 5.48. The molecule has 1 aromatic heterocycles. The van der Waals surface area contributed by atoms with Crippen LogP contribution in [0.3, 0.4) is 0 Å². The Morgan fingerprint density at radius 2 is 2.17 bits per heavy atom. The van der Waals surface area contributed by atoms with Crippen molar-refractivity contribution in [3.8, 4) is 5.75 Å². The number of methoxy groups -OCH3 is 1. The summed E-state index contributed by atoms with van der Waals surface area (Å²) in [7, 11) is 1.58. The van der Waals surface area contributed by atoms with E-state index in [4.69, 9.17) is 27.0 Å².